The molecule has 7 nitrogen and oxygen atoms in total. The predicted octanol–water partition coefficient (Wildman–Crippen LogP) is 1.35. The van der Waals surface area contributed by atoms with E-state index in [0.717, 1.165) is 17.4 Å². The number of rotatable bonds is 6. The van der Waals surface area contributed by atoms with Crippen LogP contribution in [0.5, 0.6) is 5.75 Å². The highest BCUT2D eigenvalue weighted by atomic mass is 32.2. The smallest absolute Gasteiger partial charge is 0.349 e. The van der Waals surface area contributed by atoms with Gasteiger partial charge in [0.05, 0.1) is 13.7 Å². The van der Waals surface area contributed by atoms with Gasteiger partial charge in [0.25, 0.3) is 16.1 Å². The quantitative estimate of drug-likeness (QED) is 0.447. The summed E-state index contributed by atoms with van der Waals surface area (Å²) in [6.07, 6.45) is 1.54. The molecule has 0 aliphatic rings. The van der Waals surface area contributed by atoms with Crippen LogP contribution in [-0.2, 0) is 19.6 Å². The second-order valence-corrected chi connectivity index (χ2v) is 5.68. The Bertz CT molecular complexity index is 612. The monoisotopic (exact) mass is 305 g/mol. The van der Waals surface area contributed by atoms with Gasteiger partial charge in [-0.25, -0.2) is 9.59 Å². The third-order valence-electron chi connectivity index (χ3n) is 1.97. The maximum atomic E-state index is 11.8. The third-order valence-corrected chi connectivity index (χ3v) is 4.28. The second kappa shape index (κ2) is 6.46. The van der Waals surface area contributed by atoms with E-state index in [0.29, 0.717) is 6.42 Å². The molecule has 0 saturated heterocycles. The first kappa shape index (κ1) is 15.4. The number of ether oxygens (including phenoxy) is 2. The molecule has 0 N–H and O–H groups in total. The maximum absolute atomic E-state index is 11.8. The minimum absolute atomic E-state index is 0.0625. The molecule has 0 unspecified atom stereocenters. The van der Waals surface area contributed by atoms with Crippen LogP contribution in [-0.4, -0.2) is 34.2 Å². The summed E-state index contributed by atoms with van der Waals surface area (Å²) in [6, 6.07) is 0. The van der Waals surface area contributed by atoms with Gasteiger partial charge in [-0.1, -0.05) is 11.3 Å². The Morgan fingerprint density at radius 2 is 2.21 bits per heavy atom. The van der Waals surface area contributed by atoms with Crippen LogP contribution in [0.3, 0.4) is 0 Å². The van der Waals surface area contributed by atoms with Crippen molar-refractivity contribution in [3.8, 4) is 5.75 Å². The zero-order chi connectivity index (χ0) is 14.5. The Kier molecular flexibility index (Phi) is 5.22. The lowest BCUT2D eigenvalue weighted by atomic mass is 10.4. The molecule has 0 fully saturated rings. The van der Waals surface area contributed by atoms with Crippen LogP contribution in [0.2, 0.25) is 0 Å². The molecule has 1 aromatic heterocycles. The lowest BCUT2D eigenvalue weighted by molar-refractivity contribution is 0.0506. The molecule has 0 aliphatic heterocycles. The van der Waals surface area contributed by atoms with E-state index >= 15 is 0 Å². The molecule has 0 spiro atoms. The average molecular weight is 305 g/mol. The summed E-state index contributed by atoms with van der Waals surface area (Å²) in [7, 11) is -3.08. The van der Waals surface area contributed by atoms with Gasteiger partial charge in [-0.15, -0.1) is 11.3 Å². The largest absolute Gasteiger partial charge is 0.494 e. The molecule has 104 valence electrons. The topological polar surface area (TPSA) is 99.1 Å². The average Bonchev–Trinajstić information content (AvgIpc) is 2.80. The van der Waals surface area contributed by atoms with Gasteiger partial charge in [0.15, 0.2) is 10.6 Å². The normalized spacial score (nSPS) is 10.6. The van der Waals surface area contributed by atoms with Gasteiger partial charge in [-0.05, 0) is 6.42 Å². The van der Waals surface area contributed by atoms with Gasteiger partial charge in [-0.2, -0.15) is 8.42 Å². The highest BCUT2D eigenvalue weighted by Crippen LogP contribution is 2.35. The van der Waals surface area contributed by atoms with Gasteiger partial charge in [0.1, 0.15) is 4.88 Å². The standard InChI is InChI=1S/C10H11NO6S2/c1-3-4-17-10(13)8-9(7(16-2)5-18-8)19(14,15)11-6-12/h5H,3-4H2,1-2H3. The summed E-state index contributed by atoms with van der Waals surface area (Å²) in [4.78, 5) is 21.2. The van der Waals surface area contributed by atoms with Gasteiger partial charge in [0, 0.05) is 5.38 Å². The fourth-order valence-electron chi connectivity index (χ4n) is 1.21. The molecule has 0 aliphatic carbocycles. The van der Waals surface area contributed by atoms with E-state index in [1.165, 1.54) is 12.5 Å². The molecule has 0 bridgehead atoms. The van der Waals surface area contributed by atoms with Crippen LogP contribution in [0, 0.1) is 0 Å². The number of hydrogen-bond donors (Lipinski definition) is 0. The summed E-state index contributed by atoms with van der Waals surface area (Å²) in [5.41, 5.74) is 0. The first-order chi connectivity index (χ1) is 8.97. The molecular formula is C10H11NO6S2. The number of carbonyl (C=O) groups is 1. The van der Waals surface area contributed by atoms with Gasteiger partial charge in [-0.3, -0.25) is 0 Å². The van der Waals surface area contributed by atoms with Crippen LogP contribution in [0.1, 0.15) is 23.0 Å². The van der Waals surface area contributed by atoms with Crippen molar-refractivity contribution in [1.82, 2.24) is 0 Å². The fourth-order valence-corrected chi connectivity index (χ4v) is 3.45. The minimum atomic E-state index is -4.32. The molecule has 0 amide bonds. The second-order valence-electron chi connectivity index (χ2n) is 3.26. The SMILES string of the molecule is CCCOC(=O)c1scc(OC)c1S(=O)(=O)N=C=O. The Balaban J connectivity index is 3.32. The van der Waals surface area contributed by atoms with E-state index in [2.05, 4.69) is 4.40 Å². The number of methoxy groups -OCH3 is 1. The zero-order valence-electron chi connectivity index (χ0n) is 10.2. The van der Waals surface area contributed by atoms with Crippen LogP contribution in [0.15, 0.2) is 14.7 Å². The highest BCUT2D eigenvalue weighted by Gasteiger charge is 2.30. The molecule has 19 heavy (non-hydrogen) atoms. The van der Waals surface area contributed by atoms with Crippen molar-refractivity contribution in [2.24, 2.45) is 4.40 Å². The maximum Gasteiger partial charge on any atom is 0.349 e. The van der Waals surface area contributed by atoms with Crippen molar-refractivity contribution in [3.63, 3.8) is 0 Å². The number of thiophene rings is 1. The summed E-state index contributed by atoms with van der Waals surface area (Å²) in [5.74, 6) is -0.859. The molecule has 1 rings (SSSR count). The summed E-state index contributed by atoms with van der Waals surface area (Å²) in [6.45, 7) is 1.96. The van der Waals surface area contributed by atoms with E-state index in [9.17, 15) is 18.0 Å². The first-order valence-electron chi connectivity index (χ1n) is 5.14. The molecule has 9 heteroatoms. The molecule has 0 atom stereocenters. The van der Waals surface area contributed by atoms with E-state index in [4.69, 9.17) is 9.47 Å². The summed E-state index contributed by atoms with van der Waals surface area (Å²) >= 11 is 0.843. The molecule has 0 saturated carbocycles. The Labute approximate surface area is 113 Å². The van der Waals surface area contributed by atoms with Crippen LogP contribution in [0.4, 0.5) is 0 Å². The van der Waals surface area contributed by atoms with Crippen LogP contribution < -0.4 is 4.74 Å². The number of nitrogens with zero attached hydrogens (tertiary/aromatic N) is 1. The third kappa shape index (κ3) is 3.40. The molecule has 0 radical (unpaired) electrons. The summed E-state index contributed by atoms with van der Waals surface area (Å²) in [5, 5.41) is 1.33. The van der Waals surface area contributed by atoms with Crippen LogP contribution >= 0.6 is 11.3 Å². The van der Waals surface area contributed by atoms with Crippen molar-refractivity contribution < 1.29 is 27.5 Å². The molecule has 1 aromatic rings. The van der Waals surface area contributed by atoms with E-state index in [1.54, 1.807) is 6.92 Å². The minimum Gasteiger partial charge on any atom is -0.494 e. The number of esters is 1. The van der Waals surface area contributed by atoms with Crippen molar-refractivity contribution >= 4 is 33.4 Å². The van der Waals surface area contributed by atoms with E-state index in [-0.39, 0.29) is 17.2 Å². The lowest BCUT2D eigenvalue weighted by Gasteiger charge is -2.04. The molecular weight excluding hydrogens is 294 g/mol. The van der Waals surface area contributed by atoms with Crippen molar-refractivity contribution in [2.45, 2.75) is 18.2 Å². The molecule has 1 heterocycles. The van der Waals surface area contributed by atoms with Crippen LogP contribution in [0.25, 0.3) is 0 Å². The Morgan fingerprint density at radius 3 is 2.74 bits per heavy atom. The zero-order valence-corrected chi connectivity index (χ0v) is 11.8. The number of carbonyl (C=O) groups excluding carboxylic acids is 2. The summed E-state index contributed by atoms with van der Waals surface area (Å²) < 4.78 is 35.9. The fraction of sp³-hybridized carbons (Fsp3) is 0.400. The van der Waals surface area contributed by atoms with E-state index < -0.39 is 20.9 Å². The Hall–Kier alpha value is -1.70. The van der Waals surface area contributed by atoms with E-state index in [1.807, 2.05) is 0 Å². The number of sulfonamides is 1. The number of hydrogen-bond acceptors (Lipinski definition) is 7. The van der Waals surface area contributed by atoms with Gasteiger partial charge >= 0.3 is 5.97 Å². The van der Waals surface area contributed by atoms with Crippen molar-refractivity contribution in [1.29, 1.82) is 0 Å². The van der Waals surface area contributed by atoms with Gasteiger partial charge in [0.2, 0.25) is 0 Å². The number of isocyanates is 1. The lowest BCUT2D eigenvalue weighted by Crippen LogP contribution is -2.09. The van der Waals surface area contributed by atoms with Crippen molar-refractivity contribution in [2.75, 3.05) is 13.7 Å². The van der Waals surface area contributed by atoms with Crippen molar-refractivity contribution in [3.05, 3.63) is 10.3 Å². The predicted molar refractivity (Wildman–Crippen MR) is 66.8 cm³/mol. The highest BCUT2D eigenvalue weighted by molar-refractivity contribution is 7.90. The molecule has 0 aromatic carbocycles. The Morgan fingerprint density at radius 1 is 1.53 bits per heavy atom. The first-order valence-corrected chi connectivity index (χ1v) is 7.46. The van der Waals surface area contributed by atoms with Gasteiger partial charge < -0.3 is 9.47 Å².